The van der Waals surface area contributed by atoms with Gasteiger partial charge in [0, 0.05) is 0 Å². The molecule has 0 aliphatic heterocycles. The van der Waals surface area contributed by atoms with Crippen LogP contribution >= 0.6 is 7.49 Å². The molecule has 0 aromatic heterocycles. The van der Waals surface area contributed by atoms with Crippen molar-refractivity contribution in [3.63, 3.8) is 0 Å². The van der Waals surface area contributed by atoms with E-state index in [0.29, 0.717) is 5.16 Å². The van der Waals surface area contributed by atoms with Crippen LogP contribution in [0.25, 0.3) is 0 Å². The molecule has 86 valence electrons. The summed E-state index contributed by atoms with van der Waals surface area (Å²) in [6.07, 6.45) is 1.17. The second-order valence-corrected chi connectivity index (χ2v) is 9.74. The first kappa shape index (κ1) is 12.5. The Hall–Kier alpha value is -0.550. The summed E-state index contributed by atoms with van der Waals surface area (Å²) in [6.45, 7) is 11.4. The van der Waals surface area contributed by atoms with Crippen LogP contribution in [0.5, 0.6) is 5.75 Å². The SMILES string of the molecule is CCC(C)(C)[PH](C)(C)Oc1ccccc1. The monoisotopic (exact) mass is 226 g/mol. The second-order valence-electron chi connectivity index (χ2n) is 5.16. The summed E-state index contributed by atoms with van der Waals surface area (Å²) in [5.41, 5.74) is 0. The first-order valence-corrected chi connectivity index (χ1v) is 8.54. The van der Waals surface area contributed by atoms with Crippen LogP contribution in [0.4, 0.5) is 0 Å². The predicted octanol–water partition coefficient (Wildman–Crippen LogP) is 4.18. The summed E-state index contributed by atoms with van der Waals surface area (Å²) in [6, 6.07) is 10.2. The van der Waals surface area contributed by atoms with Crippen molar-refractivity contribution in [1.29, 1.82) is 0 Å². The molecule has 0 atom stereocenters. The third-order valence-electron chi connectivity index (χ3n) is 3.63. The maximum atomic E-state index is 6.20. The molecule has 1 aromatic rings. The molecule has 0 saturated heterocycles. The molecule has 0 spiro atoms. The standard InChI is InChI=1S/C13H23OP/c1-6-13(2,3)15(4,5)14-12-10-8-7-9-11-12/h7-11,15H,6H2,1-5H3. The van der Waals surface area contributed by atoms with Crippen molar-refractivity contribution in [2.45, 2.75) is 32.3 Å². The molecule has 0 amide bonds. The number of benzene rings is 1. The van der Waals surface area contributed by atoms with Crippen molar-refractivity contribution < 1.29 is 4.52 Å². The van der Waals surface area contributed by atoms with E-state index in [0.717, 1.165) is 5.75 Å². The molecule has 1 nitrogen and oxygen atoms in total. The molecule has 0 unspecified atom stereocenters. The molecule has 0 aliphatic carbocycles. The Morgan fingerprint density at radius 3 is 2.13 bits per heavy atom. The zero-order chi connectivity index (χ0) is 11.5. The maximum absolute atomic E-state index is 6.20. The summed E-state index contributed by atoms with van der Waals surface area (Å²) >= 11 is 0. The summed E-state index contributed by atoms with van der Waals surface area (Å²) < 4.78 is 6.20. The third kappa shape index (κ3) is 2.95. The second kappa shape index (κ2) is 4.53. The van der Waals surface area contributed by atoms with Crippen LogP contribution in [0.1, 0.15) is 27.2 Å². The summed E-state index contributed by atoms with van der Waals surface area (Å²) in [7, 11) is -1.67. The Balaban J connectivity index is 2.81. The van der Waals surface area contributed by atoms with Crippen molar-refractivity contribution in [2.24, 2.45) is 0 Å². The number of hydrogen-bond acceptors (Lipinski definition) is 1. The van der Waals surface area contributed by atoms with Crippen LogP contribution in [0.15, 0.2) is 30.3 Å². The van der Waals surface area contributed by atoms with Crippen molar-refractivity contribution in [1.82, 2.24) is 0 Å². The van der Waals surface area contributed by atoms with Crippen LogP contribution in [-0.4, -0.2) is 18.5 Å². The topological polar surface area (TPSA) is 9.23 Å². The normalized spacial score (nSPS) is 13.7. The molecule has 2 heteroatoms. The minimum atomic E-state index is -1.67. The molecule has 0 aliphatic rings. The summed E-state index contributed by atoms with van der Waals surface area (Å²) in [5, 5.41) is 0.308. The Bertz CT molecular complexity index is 304. The average molecular weight is 226 g/mol. The van der Waals surface area contributed by atoms with Gasteiger partial charge in [0.05, 0.1) is 0 Å². The molecule has 15 heavy (non-hydrogen) atoms. The van der Waals surface area contributed by atoms with Crippen molar-refractivity contribution in [3.8, 4) is 5.75 Å². The van der Waals surface area contributed by atoms with E-state index in [1.807, 2.05) is 30.3 Å². The van der Waals surface area contributed by atoms with Gasteiger partial charge in [0.2, 0.25) is 0 Å². The van der Waals surface area contributed by atoms with Gasteiger partial charge in [-0.25, -0.2) is 0 Å². The van der Waals surface area contributed by atoms with Gasteiger partial charge in [0.15, 0.2) is 0 Å². The van der Waals surface area contributed by atoms with E-state index in [1.54, 1.807) is 0 Å². The quantitative estimate of drug-likeness (QED) is 0.700. The number of rotatable bonds is 4. The zero-order valence-corrected chi connectivity index (χ0v) is 11.5. The van der Waals surface area contributed by atoms with Crippen LogP contribution in [0, 0.1) is 0 Å². The molecule has 0 radical (unpaired) electrons. The van der Waals surface area contributed by atoms with Gasteiger partial charge in [-0.2, -0.15) is 0 Å². The number of hydrogen-bond donors (Lipinski definition) is 0. The van der Waals surface area contributed by atoms with Crippen LogP contribution in [-0.2, 0) is 0 Å². The molecule has 0 N–H and O–H groups in total. The predicted molar refractivity (Wildman–Crippen MR) is 71.6 cm³/mol. The van der Waals surface area contributed by atoms with Crippen molar-refractivity contribution in [2.75, 3.05) is 13.3 Å². The summed E-state index contributed by atoms with van der Waals surface area (Å²) in [4.78, 5) is 0. The fourth-order valence-electron chi connectivity index (χ4n) is 1.35. The van der Waals surface area contributed by atoms with E-state index >= 15 is 0 Å². The Labute approximate surface area is 94.3 Å². The minimum absolute atomic E-state index is 0.308. The van der Waals surface area contributed by atoms with Crippen LogP contribution in [0.3, 0.4) is 0 Å². The van der Waals surface area contributed by atoms with Gasteiger partial charge in [-0.3, -0.25) is 0 Å². The van der Waals surface area contributed by atoms with E-state index in [4.69, 9.17) is 4.52 Å². The van der Waals surface area contributed by atoms with Crippen molar-refractivity contribution >= 4 is 7.49 Å². The molecular formula is C13H23OP. The van der Waals surface area contributed by atoms with E-state index in [2.05, 4.69) is 34.1 Å². The van der Waals surface area contributed by atoms with E-state index < -0.39 is 7.49 Å². The third-order valence-corrected chi connectivity index (χ3v) is 7.99. The van der Waals surface area contributed by atoms with Gasteiger partial charge in [-0.05, 0) is 0 Å². The van der Waals surface area contributed by atoms with Gasteiger partial charge in [-0.1, -0.05) is 0 Å². The Kier molecular flexibility index (Phi) is 3.78. The molecule has 0 heterocycles. The fraction of sp³-hybridized carbons (Fsp3) is 0.538. The molecule has 1 aromatic carbocycles. The van der Waals surface area contributed by atoms with Crippen LogP contribution in [0.2, 0.25) is 0 Å². The molecule has 1 rings (SSSR count). The molecule has 0 fully saturated rings. The first-order valence-electron chi connectivity index (χ1n) is 5.63. The first-order chi connectivity index (χ1) is 6.89. The van der Waals surface area contributed by atoms with Gasteiger partial charge >= 0.3 is 93.8 Å². The summed E-state index contributed by atoms with van der Waals surface area (Å²) in [5.74, 6) is 1.01. The van der Waals surface area contributed by atoms with E-state index in [9.17, 15) is 0 Å². The fourth-order valence-corrected chi connectivity index (χ4v) is 3.20. The van der Waals surface area contributed by atoms with Crippen molar-refractivity contribution in [3.05, 3.63) is 30.3 Å². The molecule has 0 saturated carbocycles. The van der Waals surface area contributed by atoms with Gasteiger partial charge in [-0.15, -0.1) is 0 Å². The van der Waals surface area contributed by atoms with E-state index in [-0.39, 0.29) is 0 Å². The van der Waals surface area contributed by atoms with E-state index in [1.165, 1.54) is 6.42 Å². The molecule has 0 bridgehead atoms. The van der Waals surface area contributed by atoms with Crippen LogP contribution < -0.4 is 4.52 Å². The number of para-hydroxylation sites is 1. The Morgan fingerprint density at radius 2 is 1.67 bits per heavy atom. The Morgan fingerprint density at radius 1 is 1.13 bits per heavy atom. The average Bonchev–Trinajstić information content (AvgIpc) is 2.18. The van der Waals surface area contributed by atoms with Gasteiger partial charge in [0.1, 0.15) is 0 Å². The zero-order valence-electron chi connectivity index (χ0n) is 10.5. The van der Waals surface area contributed by atoms with Gasteiger partial charge in [0.25, 0.3) is 0 Å². The van der Waals surface area contributed by atoms with Gasteiger partial charge < -0.3 is 0 Å². The molecular weight excluding hydrogens is 203 g/mol.